The van der Waals surface area contributed by atoms with Crippen LogP contribution in [0.3, 0.4) is 0 Å². The third kappa shape index (κ3) is 4.60. The van der Waals surface area contributed by atoms with Gasteiger partial charge in [0.15, 0.2) is 17.1 Å². The number of carbonyl (C=O) groups is 1. The van der Waals surface area contributed by atoms with Gasteiger partial charge in [-0.3, -0.25) is 14.9 Å². The minimum Gasteiger partial charge on any atom is -0.334 e. The summed E-state index contributed by atoms with van der Waals surface area (Å²) in [6.45, 7) is 7.86. The van der Waals surface area contributed by atoms with E-state index in [0.717, 1.165) is 11.4 Å². The molecule has 3 N–H and O–H groups in total. The van der Waals surface area contributed by atoms with Gasteiger partial charge in [0.25, 0.3) is 0 Å². The number of anilines is 1. The molecule has 39 heavy (non-hydrogen) atoms. The first-order valence-corrected chi connectivity index (χ1v) is 12.3. The molecule has 0 saturated heterocycles. The van der Waals surface area contributed by atoms with Crippen molar-refractivity contribution in [2.45, 2.75) is 34.1 Å². The van der Waals surface area contributed by atoms with E-state index in [1.165, 1.54) is 18.6 Å². The topological polar surface area (TPSA) is 143 Å². The third-order valence-electron chi connectivity index (χ3n) is 6.14. The second-order valence-corrected chi connectivity index (χ2v) is 10.6. The minimum absolute atomic E-state index is 0.142. The Kier molecular flexibility index (Phi) is 5.67. The smallest absolute Gasteiger partial charge is 0.224 e. The Balaban J connectivity index is 1.40. The van der Waals surface area contributed by atoms with Gasteiger partial charge in [-0.1, -0.05) is 20.8 Å². The summed E-state index contributed by atoms with van der Waals surface area (Å²) in [5, 5.41) is 10.1. The number of imidazole rings is 2. The molecule has 6 aromatic rings. The Hall–Kier alpha value is -5.00. The number of carbonyl (C=O) groups excluding carboxylic acids is 1. The number of pyridine rings is 3. The molecule has 0 aliphatic heterocycles. The number of aryl methyl sites for hydroxylation is 1. The summed E-state index contributed by atoms with van der Waals surface area (Å²) < 4.78 is 17.9. The van der Waals surface area contributed by atoms with Gasteiger partial charge in [-0.2, -0.15) is 5.10 Å². The molecule has 0 unspecified atom stereocenters. The van der Waals surface area contributed by atoms with E-state index in [1.807, 2.05) is 44.5 Å². The lowest BCUT2D eigenvalue weighted by molar-refractivity contribution is -0.117. The van der Waals surface area contributed by atoms with Gasteiger partial charge in [0, 0.05) is 42.3 Å². The zero-order chi connectivity index (χ0) is 27.3. The lowest BCUT2D eigenvalue weighted by Crippen LogP contribution is -2.19. The molecule has 0 saturated carbocycles. The number of rotatable bonds is 5. The summed E-state index contributed by atoms with van der Waals surface area (Å²) in [7, 11) is 0. The van der Waals surface area contributed by atoms with E-state index in [0.29, 0.717) is 40.4 Å². The van der Waals surface area contributed by atoms with Crippen molar-refractivity contribution >= 4 is 33.8 Å². The highest BCUT2D eigenvalue weighted by Crippen LogP contribution is 2.33. The summed E-state index contributed by atoms with van der Waals surface area (Å²) >= 11 is 0. The molecule has 0 radical (unpaired) electrons. The summed E-state index contributed by atoms with van der Waals surface area (Å²) in [5.41, 5.74) is 4.32. The highest BCUT2D eigenvalue weighted by molar-refractivity contribution is 5.95. The molecule has 0 bridgehead atoms. The number of H-pyrrole nitrogens is 2. The van der Waals surface area contributed by atoms with Gasteiger partial charge >= 0.3 is 0 Å². The average Bonchev–Trinajstić information content (AvgIpc) is 3.60. The minimum atomic E-state index is -0.539. The lowest BCUT2D eigenvalue weighted by atomic mass is 9.92. The molecule has 6 heterocycles. The van der Waals surface area contributed by atoms with Crippen LogP contribution in [0.4, 0.5) is 10.1 Å². The van der Waals surface area contributed by atoms with Gasteiger partial charge in [-0.05, 0) is 24.5 Å². The molecule has 0 aromatic carbocycles. The largest absolute Gasteiger partial charge is 0.334 e. The first-order chi connectivity index (χ1) is 18.7. The fourth-order valence-corrected chi connectivity index (χ4v) is 4.45. The molecule has 11 nitrogen and oxygen atoms in total. The zero-order valence-electron chi connectivity index (χ0n) is 21.7. The van der Waals surface area contributed by atoms with Crippen LogP contribution in [0.15, 0.2) is 49.4 Å². The van der Waals surface area contributed by atoms with Gasteiger partial charge in [-0.25, -0.2) is 24.3 Å². The summed E-state index contributed by atoms with van der Waals surface area (Å²) in [5.74, 6) is -0.317. The number of nitrogens with one attached hydrogen (secondary N) is 3. The van der Waals surface area contributed by atoms with Crippen LogP contribution in [-0.4, -0.2) is 50.6 Å². The SMILES string of the molecule is Cc1cn(-c2ccnc3nc(-c4[nH]nc5ncc(-c6cncc(NC(=O)CC(C)(C)C)c6)c(F)c45)[nH]c23)cn1. The van der Waals surface area contributed by atoms with Gasteiger partial charge < -0.3 is 14.9 Å². The van der Waals surface area contributed by atoms with Crippen LogP contribution in [0.1, 0.15) is 32.9 Å². The Morgan fingerprint density at radius 2 is 1.97 bits per heavy atom. The lowest BCUT2D eigenvalue weighted by Gasteiger charge is -2.17. The quantitative estimate of drug-likeness (QED) is 0.289. The Labute approximate surface area is 222 Å². The van der Waals surface area contributed by atoms with Crippen LogP contribution >= 0.6 is 0 Å². The van der Waals surface area contributed by atoms with Gasteiger partial charge in [0.2, 0.25) is 5.91 Å². The second-order valence-electron chi connectivity index (χ2n) is 10.6. The maximum atomic E-state index is 16.1. The fraction of sp³-hybridized carbons (Fsp3) is 0.222. The Morgan fingerprint density at radius 1 is 1.13 bits per heavy atom. The highest BCUT2D eigenvalue weighted by Gasteiger charge is 2.22. The van der Waals surface area contributed by atoms with Gasteiger partial charge in [-0.15, -0.1) is 0 Å². The van der Waals surface area contributed by atoms with Crippen molar-refractivity contribution in [3.8, 4) is 28.3 Å². The van der Waals surface area contributed by atoms with E-state index < -0.39 is 5.82 Å². The number of amides is 1. The predicted octanol–water partition coefficient (Wildman–Crippen LogP) is 4.97. The van der Waals surface area contributed by atoms with E-state index in [4.69, 9.17) is 0 Å². The number of halogens is 1. The first kappa shape index (κ1) is 24.3. The fourth-order valence-electron chi connectivity index (χ4n) is 4.45. The molecule has 0 atom stereocenters. The number of hydrogen-bond acceptors (Lipinski definition) is 7. The summed E-state index contributed by atoms with van der Waals surface area (Å²) in [6.07, 6.45) is 10.0. The third-order valence-corrected chi connectivity index (χ3v) is 6.14. The normalized spacial score (nSPS) is 11.9. The van der Waals surface area contributed by atoms with E-state index >= 15 is 4.39 Å². The van der Waals surface area contributed by atoms with E-state index in [2.05, 4.69) is 45.4 Å². The molecular formula is C27H25FN10O. The average molecular weight is 525 g/mol. The van der Waals surface area contributed by atoms with Crippen molar-refractivity contribution in [2.24, 2.45) is 5.41 Å². The summed E-state index contributed by atoms with van der Waals surface area (Å²) in [4.78, 5) is 37.5. The number of aromatic amines is 2. The standard InChI is InChI=1S/C27H25FN10O/c1-14-12-38(13-32-14)18-5-6-30-25-22(18)34-26(35-25)23-20-21(28)17(11-31-24(20)37-36-23)15-7-16(10-29-9-15)33-19(39)8-27(2,3)4/h5-7,9-13H,8H2,1-4H3,(H,33,39)(H,30,34,35)(H,31,36,37). The van der Waals surface area contributed by atoms with Crippen LogP contribution < -0.4 is 5.32 Å². The first-order valence-electron chi connectivity index (χ1n) is 12.3. The molecule has 1 amide bonds. The number of aromatic nitrogens is 9. The maximum Gasteiger partial charge on any atom is 0.224 e. The van der Waals surface area contributed by atoms with Crippen molar-refractivity contribution in [1.29, 1.82) is 0 Å². The maximum absolute atomic E-state index is 16.1. The van der Waals surface area contributed by atoms with Crippen LogP contribution in [0.25, 0.3) is 50.5 Å². The molecule has 0 fully saturated rings. The molecule has 196 valence electrons. The molecular weight excluding hydrogens is 499 g/mol. The molecule has 6 aromatic heterocycles. The molecule has 0 aliphatic carbocycles. The number of fused-ring (bicyclic) bond motifs is 2. The van der Waals surface area contributed by atoms with Gasteiger partial charge in [0.05, 0.1) is 35.0 Å². The van der Waals surface area contributed by atoms with Crippen molar-refractivity contribution in [3.63, 3.8) is 0 Å². The Bertz CT molecular complexity index is 1860. The Morgan fingerprint density at radius 3 is 2.74 bits per heavy atom. The molecule has 6 rings (SSSR count). The predicted molar refractivity (Wildman–Crippen MR) is 145 cm³/mol. The van der Waals surface area contributed by atoms with E-state index in [9.17, 15) is 4.79 Å². The summed E-state index contributed by atoms with van der Waals surface area (Å²) in [6, 6.07) is 3.51. The van der Waals surface area contributed by atoms with Crippen molar-refractivity contribution in [2.75, 3.05) is 5.32 Å². The molecule has 12 heteroatoms. The monoisotopic (exact) mass is 524 g/mol. The van der Waals surface area contributed by atoms with Crippen LogP contribution in [0.5, 0.6) is 0 Å². The second kappa shape index (κ2) is 9.08. The van der Waals surface area contributed by atoms with Crippen LogP contribution in [0, 0.1) is 18.2 Å². The zero-order valence-corrected chi connectivity index (χ0v) is 21.7. The number of hydrogen-bond donors (Lipinski definition) is 3. The van der Waals surface area contributed by atoms with Crippen LogP contribution in [-0.2, 0) is 4.79 Å². The van der Waals surface area contributed by atoms with E-state index in [1.54, 1.807) is 18.6 Å². The molecule has 0 spiro atoms. The van der Waals surface area contributed by atoms with Crippen LogP contribution in [0.2, 0.25) is 0 Å². The number of nitrogens with zero attached hydrogens (tertiary/aromatic N) is 7. The highest BCUT2D eigenvalue weighted by atomic mass is 19.1. The van der Waals surface area contributed by atoms with Crippen molar-refractivity contribution in [1.82, 2.24) is 44.7 Å². The van der Waals surface area contributed by atoms with Gasteiger partial charge in [0.1, 0.15) is 17.0 Å². The van der Waals surface area contributed by atoms with Crippen molar-refractivity contribution < 1.29 is 9.18 Å². The van der Waals surface area contributed by atoms with E-state index in [-0.39, 0.29) is 27.9 Å². The van der Waals surface area contributed by atoms with Crippen molar-refractivity contribution in [3.05, 3.63) is 61.0 Å². The molecule has 0 aliphatic rings.